The van der Waals surface area contributed by atoms with E-state index >= 15 is 0 Å². The van der Waals surface area contributed by atoms with Crippen LogP contribution in [0.25, 0.3) is 5.69 Å². The van der Waals surface area contributed by atoms with Gasteiger partial charge in [0.05, 0.1) is 17.6 Å². The zero-order valence-electron chi connectivity index (χ0n) is 8.51. The Morgan fingerprint density at radius 1 is 1.47 bits per heavy atom. The molecule has 0 N–H and O–H groups in total. The second-order valence-electron chi connectivity index (χ2n) is 3.25. The maximum absolute atomic E-state index is 9.05. The van der Waals surface area contributed by atoms with Crippen LogP contribution in [-0.2, 0) is 6.42 Å². The van der Waals surface area contributed by atoms with E-state index in [-0.39, 0.29) is 0 Å². The van der Waals surface area contributed by atoms with Crippen molar-refractivity contribution in [2.75, 3.05) is 0 Å². The van der Waals surface area contributed by atoms with E-state index in [1.165, 1.54) is 0 Å². The molecule has 0 aliphatic carbocycles. The molecule has 0 fully saturated rings. The summed E-state index contributed by atoms with van der Waals surface area (Å²) in [6, 6.07) is 7.99. The number of nitrogens with zero attached hydrogens (tertiary/aromatic N) is 3. The summed E-state index contributed by atoms with van der Waals surface area (Å²) in [6.45, 7) is 2.08. The van der Waals surface area contributed by atoms with Crippen LogP contribution in [0.3, 0.4) is 0 Å². The number of hydrogen-bond donors (Lipinski definition) is 0. The number of aromatic nitrogens is 2. The van der Waals surface area contributed by atoms with Gasteiger partial charge in [0.2, 0.25) is 0 Å². The zero-order chi connectivity index (χ0) is 10.7. The molecule has 0 saturated carbocycles. The molecule has 0 unspecified atom stereocenters. The molecule has 0 amide bonds. The highest BCUT2D eigenvalue weighted by Gasteiger charge is 2.07. The minimum Gasteiger partial charge on any atom is -0.305 e. The Labute approximate surface area is 88.6 Å². The van der Waals surface area contributed by atoms with Crippen molar-refractivity contribution in [2.45, 2.75) is 13.3 Å². The van der Waals surface area contributed by atoms with E-state index < -0.39 is 0 Å². The van der Waals surface area contributed by atoms with E-state index in [0.717, 1.165) is 17.7 Å². The number of aryl methyl sites for hydroxylation is 1. The molecule has 0 spiro atoms. The molecule has 0 aliphatic rings. The number of imidazole rings is 1. The number of rotatable bonds is 2. The molecular formula is C12H11N3. The van der Waals surface area contributed by atoms with Crippen LogP contribution in [0, 0.1) is 11.3 Å². The van der Waals surface area contributed by atoms with Gasteiger partial charge in [-0.15, -0.1) is 0 Å². The van der Waals surface area contributed by atoms with Crippen LogP contribution in [0.5, 0.6) is 0 Å². The summed E-state index contributed by atoms with van der Waals surface area (Å²) in [5.74, 6) is 0. The van der Waals surface area contributed by atoms with Crippen molar-refractivity contribution in [3.63, 3.8) is 0 Å². The summed E-state index contributed by atoms with van der Waals surface area (Å²) < 4.78 is 1.89. The first kappa shape index (κ1) is 9.47. The van der Waals surface area contributed by atoms with Crippen molar-refractivity contribution in [1.29, 1.82) is 5.26 Å². The van der Waals surface area contributed by atoms with Gasteiger partial charge in [-0.2, -0.15) is 5.26 Å². The Kier molecular flexibility index (Phi) is 2.51. The molecule has 1 aromatic heterocycles. The molecule has 2 aromatic rings. The van der Waals surface area contributed by atoms with Gasteiger partial charge in [0, 0.05) is 12.4 Å². The molecule has 0 aliphatic heterocycles. The Balaban J connectivity index is 2.67. The molecule has 3 nitrogen and oxygen atoms in total. The van der Waals surface area contributed by atoms with Crippen LogP contribution < -0.4 is 0 Å². The molecule has 1 heterocycles. The molecule has 0 bridgehead atoms. The normalized spacial score (nSPS) is 9.87. The Morgan fingerprint density at radius 2 is 2.33 bits per heavy atom. The Hall–Kier alpha value is -2.08. The Bertz CT molecular complexity index is 492. The minimum atomic E-state index is 0.687. The number of benzene rings is 1. The molecule has 0 radical (unpaired) electrons. The average Bonchev–Trinajstić information content (AvgIpc) is 2.81. The monoisotopic (exact) mass is 197 g/mol. The van der Waals surface area contributed by atoms with E-state index in [2.05, 4.69) is 18.0 Å². The fraction of sp³-hybridized carbons (Fsp3) is 0.167. The average molecular weight is 197 g/mol. The van der Waals surface area contributed by atoms with Crippen LogP contribution in [0.15, 0.2) is 36.9 Å². The zero-order valence-corrected chi connectivity index (χ0v) is 8.51. The first-order valence-electron chi connectivity index (χ1n) is 4.87. The Morgan fingerprint density at radius 3 is 2.93 bits per heavy atom. The van der Waals surface area contributed by atoms with Crippen LogP contribution in [0.4, 0.5) is 0 Å². The topological polar surface area (TPSA) is 41.6 Å². The predicted octanol–water partition coefficient (Wildman–Crippen LogP) is 2.31. The van der Waals surface area contributed by atoms with Crippen molar-refractivity contribution in [1.82, 2.24) is 9.55 Å². The van der Waals surface area contributed by atoms with Gasteiger partial charge in [-0.1, -0.05) is 19.1 Å². The van der Waals surface area contributed by atoms with E-state index in [1.54, 1.807) is 12.5 Å². The summed E-state index contributed by atoms with van der Waals surface area (Å²) in [4.78, 5) is 4.00. The van der Waals surface area contributed by atoms with Gasteiger partial charge in [0.15, 0.2) is 0 Å². The number of nitriles is 1. The van der Waals surface area contributed by atoms with Gasteiger partial charge in [-0.25, -0.2) is 4.98 Å². The lowest BCUT2D eigenvalue weighted by molar-refractivity contribution is 0.997. The standard InChI is InChI=1S/C12H11N3/c1-2-10-4-3-5-11(8-13)12(10)15-7-6-14-9-15/h3-7,9H,2H2,1H3. The van der Waals surface area contributed by atoms with Crippen molar-refractivity contribution >= 4 is 0 Å². The van der Waals surface area contributed by atoms with Crippen molar-refractivity contribution < 1.29 is 0 Å². The number of hydrogen-bond acceptors (Lipinski definition) is 2. The van der Waals surface area contributed by atoms with Gasteiger partial charge in [-0.3, -0.25) is 0 Å². The minimum absolute atomic E-state index is 0.687. The SMILES string of the molecule is CCc1cccc(C#N)c1-n1ccnc1. The summed E-state index contributed by atoms with van der Waals surface area (Å²) in [5, 5.41) is 9.05. The maximum atomic E-state index is 9.05. The van der Waals surface area contributed by atoms with E-state index in [9.17, 15) is 0 Å². The third-order valence-corrected chi connectivity index (χ3v) is 2.38. The van der Waals surface area contributed by atoms with Crippen LogP contribution in [-0.4, -0.2) is 9.55 Å². The highest BCUT2D eigenvalue weighted by molar-refractivity contribution is 5.54. The lowest BCUT2D eigenvalue weighted by Crippen LogP contribution is -1.99. The van der Waals surface area contributed by atoms with Crippen molar-refractivity contribution in [3.05, 3.63) is 48.0 Å². The largest absolute Gasteiger partial charge is 0.305 e. The van der Waals surface area contributed by atoms with Gasteiger partial charge in [0.25, 0.3) is 0 Å². The first-order chi connectivity index (χ1) is 7.36. The lowest BCUT2D eigenvalue weighted by Gasteiger charge is -2.09. The van der Waals surface area contributed by atoms with E-state index in [1.807, 2.05) is 29.0 Å². The van der Waals surface area contributed by atoms with Crippen LogP contribution in [0.1, 0.15) is 18.1 Å². The molecule has 3 heteroatoms. The highest BCUT2D eigenvalue weighted by Crippen LogP contribution is 2.19. The summed E-state index contributed by atoms with van der Waals surface area (Å²) >= 11 is 0. The van der Waals surface area contributed by atoms with Crippen LogP contribution >= 0.6 is 0 Å². The smallest absolute Gasteiger partial charge is 0.101 e. The molecule has 74 valence electrons. The summed E-state index contributed by atoms with van der Waals surface area (Å²) in [6.07, 6.45) is 6.20. The third-order valence-electron chi connectivity index (χ3n) is 2.38. The number of para-hydroxylation sites is 1. The molecule has 2 rings (SSSR count). The predicted molar refractivity (Wildman–Crippen MR) is 57.7 cm³/mol. The van der Waals surface area contributed by atoms with Gasteiger partial charge < -0.3 is 4.57 Å². The quantitative estimate of drug-likeness (QED) is 0.741. The van der Waals surface area contributed by atoms with Gasteiger partial charge >= 0.3 is 0 Å². The maximum Gasteiger partial charge on any atom is 0.101 e. The second kappa shape index (κ2) is 3.97. The van der Waals surface area contributed by atoms with E-state index in [4.69, 9.17) is 5.26 Å². The van der Waals surface area contributed by atoms with Gasteiger partial charge in [0.1, 0.15) is 6.07 Å². The molecule has 15 heavy (non-hydrogen) atoms. The summed E-state index contributed by atoms with van der Waals surface area (Å²) in [7, 11) is 0. The molecule has 0 saturated heterocycles. The van der Waals surface area contributed by atoms with Crippen molar-refractivity contribution in [2.24, 2.45) is 0 Å². The first-order valence-corrected chi connectivity index (χ1v) is 4.87. The lowest BCUT2D eigenvalue weighted by atomic mass is 10.1. The van der Waals surface area contributed by atoms with Crippen LogP contribution in [0.2, 0.25) is 0 Å². The molecular weight excluding hydrogens is 186 g/mol. The van der Waals surface area contributed by atoms with E-state index in [0.29, 0.717) is 5.56 Å². The molecule has 0 atom stereocenters. The third kappa shape index (κ3) is 1.62. The molecule has 1 aromatic carbocycles. The highest BCUT2D eigenvalue weighted by atomic mass is 15.0. The van der Waals surface area contributed by atoms with Crippen molar-refractivity contribution in [3.8, 4) is 11.8 Å². The second-order valence-corrected chi connectivity index (χ2v) is 3.25. The summed E-state index contributed by atoms with van der Waals surface area (Å²) in [5.41, 5.74) is 2.79. The van der Waals surface area contributed by atoms with Gasteiger partial charge in [-0.05, 0) is 18.1 Å². The fourth-order valence-corrected chi connectivity index (χ4v) is 1.66. The fourth-order valence-electron chi connectivity index (χ4n) is 1.66.